The predicted octanol–water partition coefficient (Wildman–Crippen LogP) is 4.53. The van der Waals surface area contributed by atoms with E-state index in [9.17, 15) is 18.0 Å². The highest BCUT2D eigenvalue weighted by atomic mass is 32.2. The van der Waals surface area contributed by atoms with Crippen LogP contribution in [0.3, 0.4) is 0 Å². The Morgan fingerprint density at radius 1 is 1.03 bits per heavy atom. The lowest BCUT2D eigenvalue weighted by atomic mass is 9.94. The van der Waals surface area contributed by atoms with E-state index in [1.165, 1.54) is 29.6 Å². The third-order valence-electron chi connectivity index (χ3n) is 7.55. The van der Waals surface area contributed by atoms with Gasteiger partial charge in [-0.2, -0.15) is 4.31 Å². The van der Waals surface area contributed by atoms with Crippen molar-refractivity contribution >= 4 is 26.8 Å². The van der Waals surface area contributed by atoms with Crippen molar-refractivity contribution in [3.63, 3.8) is 0 Å². The van der Waals surface area contributed by atoms with Gasteiger partial charge < -0.3 is 9.88 Å². The Morgan fingerprint density at radius 3 is 2.29 bits per heavy atom. The molecule has 1 aliphatic heterocycles. The van der Waals surface area contributed by atoms with Crippen LogP contribution in [0, 0.1) is 11.8 Å². The van der Waals surface area contributed by atoms with Gasteiger partial charge in [0.25, 0.3) is 5.91 Å². The number of carbonyl (C=O) groups excluding carboxylic acids is 1. The first-order valence-electron chi connectivity index (χ1n) is 13.2. The molecule has 0 radical (unpaired) electrons. The van der Waals surface area contributed by atoms with Crippen molar-refractivity contribution < 1.29 is 13.2 Å². The molecule has 1 amide bonds. The predicted molar refractivity (Wildman–Crippen MR) is 139 cm³/mol. The van der Waals surface area contributed by atoms with Gasteiger partial charge in [-0.15, -0.1) is 0 Å². The van der Waals surface area contributed by atoms with Gasteiger partial charge in [-0.1, -0.05) is 46.0 Å². The first-order valence-corrected chi connectivity index (χ1v) is 14.6. The number of piperidine rings is 1. The van der Waals surface area contributed by atoms with Crippen molar-refractivity contribution in [2.45, 2.75) is 89.6 Å². The molecule has 4 rings (SSSR count). The van der Waals surface area contributed by atoms with E-state index >= 15 is 0 Å². The van der Waals surface area contributed by atoms with Gasteiger partial charge in [0.15, 0.2) is 0 Å². The average molecular weight is 502 g/mol. The maximum atomic E-state index is 13.5. The maximum Gasteiger partial charge on any atom is 0.256 e. The largest absolute Gasteiger partial charge is 0.349 e. The fourth-order valence-electron chi connectivity index (χ4n) is 5.78. The Morgan fingerprint density at radius 2 is 1.66 bits per heavy atom. The molecule has 35 heavy (non-hydrogen) atoms. The zero-order valence-electron chi connectivity index (χ0n) is 21.3. The number of aryl methyl sites for hydroxylation is 1. The highest BCUT2D eigenvalue weighted by Gasteiger charge is 2.32. The van der Waals surface area contributed by atoms with Gasteiger partial charge in [-0.3, -0.25) is 9.59 Å². The number of pyridine rings is 1. The molecule has 2 aromatic rings. The third kappa shape index (κ3) is 5.64. The number of fused-ring (bicyclic) bond motifs is 1. The van der Waals surface area contributed by atoms with E-state index in [4.69, 9.17) is 0 Å². The first kappa shape index (κ1) is 25.9. The molecule has 192 valence electrons. The van der Waals surface area contributed by atoms with Crippen molar-refractivity contribution in [1.29, 1.82) is 0 Å². The molecule has 2 aliphatic rings. The summed E-state index contributed by atoms with van der Waals surface area (Å²) in [6, 6.07) is 4.82. The van der Waals surface area contributed by atoms with Crippen LogP contribution in [0.4, 0.5) is 0 Å². The number of benzene rings is 1. The van der Waals surface area contributed by atoms with Gasteiger partial charge in [-0.05, 0) is 56.2 Å². The quantitative estimate of drug-likeness (QED) is 0.652. The summed E-state index contributed by atoms with van der Waals surface area (Å²) in [7, 11) is -3.73. The third-order valence-corrected chi connectivity index (χ3v) is 9.38. The molecule has 0 bridgehead atoms. The minimum atomic E-state index is -3.73. The van der Waals surface area contributed by atoms with Crippen LogP contribution in [0.1, 0.15) is 82.5 Å². The molecule has 2 atom stereocenters. The van der Waals surface area contributed by atoms with E-state index < -0.39 is 15.5 Å². The lowest BCUT2D eigenvalue weighted by Gasteiger charge is -2.34. The fourth-order valence-corrected chi connectivity index (χ4v) is 7.48. The van der Waals surface area contributed by atoms with E-state index in [1.54, 1.807) is 18.3 Å². The van der Waals surface area contributed by atoms with Crippen LogP contribution in [0.25, 0.3) is 10.9 Å². The van der Waals surface area contributed by atoms with E-state index in [2.05, 4.69) is 19.2 Å². The SMILES string of the molecule is CCn1cc(C(=O)NC2CCCCCCC2)c(=O)c2cc(S(=O)(=O)N3CC(C)CC(C)C3)ccc21. The second kappa shape index (κ2) is 10.8. The van der Waals surface area contributed by atoms with Gasteiger partial charge >= 0.3 is 0 Å². The number of rotatable bonds is 5. The molecule has 8 heteroatoms. The van der Waals surface area contributed by atoms with Crippen LogP contribution in [0.15, 0.2) is 34.1 Å². The van der Waals surface area contributed by atoms with Crippen LogP contribution in [-0.4, -0.2) is 42.3 Å². The van der Waals surface area contributed by atoms with Gasteiger partial charge in [-0.25, -0.2) is 8.42 Å². The molecule has 2 fully saturated rings. The second-order valence-corrected chi connectivity index (χ2v) is 12.6. The van der Waals surface area contributed by atoms with Crippen LogP contribution in [0.5, 0.6) is 0 Å². The van der Waals surface area contributed by atoms with Gasteiger partial charge in [0.1, 0.15) is 5.56 Å². The fraction of sp³-hybridized carbons (Fsp3) is 0.630. The smallest absolute Gasteiger partial charge is 0.256 e. The van der Waals surface area contributed by atoms with Gasteiger partial charge in [0.05, 0.1) is 10.4 Å². The number of hydrogen-bond acceptors (Lipinski definition) is 4. The Kier molecular flexibility index (Phi) is 8.01. The van der Waals surface area contributed by atoms with E-state index in [0.717, 1.165) is 32.1 Å². The molecule has 1 saturated heterocycles. The van der Waals surface area contributed by atoms with E-state index in [-0.39, 0.29) is 39.6 Å². The molecule has 1 N–H and O–H groups in total. The van der Waals surface area contributed by atoms with Crippen molar-refractivity contribution in [3.8, 4) is 0 Å². The Balaban J connectivity index is 1.70. The van der Waals surface area contributed by atoms with Crippen molar-refractivity contribution in [2.75, 3.05) is 13.1 Å². The molecular formula is C27H39N3O4S. The monoisotopic (exact) mass is 501 g/mol. The molecule has 0 spiro atoms. The number of carbonyl (C=O) groups is 1. The average Bonchev–Trinajstić information content (AvgIpc) is 2.80. The van der Waals surface area contributed by atoms with Crippen LogP contribution >= 0.6 is 0 Å². The Hall–Kier alpha value is -2.19. The number of sulfonamides is 1. The van der Waals surface area contributed by atoms with Gasteiger partial charge in [0, 0.05) is 37.3 Å². The molecule has 7 nitrogen and oxygen atoms in total. The van der Waals surface area contributed by atoms with Crippen molar-refractivity contribution in [1.82, 2.24) is 14.2 Å². The summed E-state index contributed by atoms with van der Waals surface area (Å²) in [6.07, 6.45) is 10.2. The summed E-state index contributed by atoms with van der Waals surface area (Å²) in [5.41, 5.74) is 0.306. The lowest BCUT2D eigenvalue weighted by Crippen LogP contribution is -2.42. The maximum absolute atomic E-state index is 13.5. The molecule has 1 aliphatic carbocycles. The first-order chi connectivity index (χ1) is 16.7. The normalized spacial score (nSPS) is 23.1. The highest BCUT2D eigenvalue weighted by molar-refractivity contribution is 7.89. The minimum Gasteiger partial charge on any atom is -0.349 e. The Bertz CT molecular complexity index is 1220. The molecular weight excluding hydrogens is 462 g/mol. The minimum absolute atomic E-state index is 0.0720. The van der Waals surface area contributed by atoms with Crippen LogP contribution in [-0.2, 0) is 16.6 Å². The zero-order chi connectivity index (χ0) is 25.2. The number of nitrogens with one attached hydrogen (secondary N) is 1. The number of hydrogen-bond donors (Lipinski definition) is 1. The summed E-state index contributed by atoms with van der Waals surface area (Å²) >= 11 is 0. The van der Waals surface area contributed by atoms with Gasteiger partial charge in [0.2, 0.25) is 15.5 Å². The number of nitrogens with zero attached hydrogens (tertiary/aromatic N) is 2. The Labute approximate surface area is 208 Å². The number of aromatic nitrogens is 1. The van der Waals surface area contributed by atoms with Crippen molar-refractivity contribution in [3.05, 3.63) is 40.2 Å². The van der Waals surface area contributed by atoms with Crippen molar-refractivity contribution in [2.24, 2.45) is 11.8 Å². The molecule has 2 heterocycles. The summed E-state index contributed by atoms with van der Waals surface area (Å²) in [5, 5.41) is 3.36. The van der Waals surface area contributed by atoms with Crippen LogP contribution in [0.2, 0.25) is 0 Å². The van der Waals surface area contributed by atoms with E-state index in [0.29, 0.717) is 25.2 Å². The molecule has 1 saturated carbocycles. The molecule has 1 aromatic carbocycles. The number of amides is 1. The topological polar surface area (TPSA) is 88.5 Å². The second-order valence-electron chi connectivity index (χ2n) is 10.6. The molecule has 2 unspecified atom stereocenters. The summed E-state index contributed by atoms with van der Waals surface area (Å²) in [4.78, 5) is 26.8. The molecule has 1 aromatic heterocycles. The van der Waals surface area contributed by atoms with Crippen LogP contribution < -0.4 is 10.7 Å². The lowest BCUT2D eigenvalue weighted by molar-refractivity contribution is 0.0929. The standard InChI is InChI=1S/C27H39N3O4S/c1-4-29-18-24(27(32)28-21-10-8-6-5-7-9-11-21)26(31)23-15-22(12-13-25(23)29)35(33,34)30-16-19(2)14-20(3)17-30/h12-13,15,18-21H,4-11,14,16-17H2,1-3H3,(H,28,32). The summed E-state index contributed by atoms with van der Waals surface area (Å²) < 4.78 is 30.3. The summed E-state index contributed by atoms with van der Waals surface area (Å²) in [5.74, 6) is 0.210. The summed E-state index contributed by atoms with van der Waals surface area (Å²) in [6.45, 7) is 7.61. The highest BCUT2D eigenvalue weighted by Crippen LogP contribution is 2.28. The van der Waals surface area contributed by atoms with E-state index in [1.807, 2.05) is 11.5 Å². The zero-order valence-corrected chi connectivity index (χ0v) is 22.1.